The minimum Gasteiger partial charge on any atom is -0.244 e. The van der Waals surface area contributed by atoms with E-state index < -0.39 is 41.7 Å². The predicted molar refractivity (Wildman–Crippen MR) is 67.5 cm³/mol. The summed E-state index contributed by atoms with van der Waals surface area (Å²) in [4.78, 5) is 0. The molecule has 0 aliphatic heterocycles. The van der Waals surface area contributed by atoms with E-state index in [0.717, 1.165) is 20.8 Å². The van der Waals surface area contributed by atoms with Gasteiger partial charge in [0.25, 0.3) is 11.8 Å². The molecule has 0 bridgehead atoms. The summed E-state index contributed by atoms with van der Waals surface area (Å²) in [5.41, 5.74) is -2.74. The first-order valence-corrected chi connectivity index (χ1v) is 6.55. The van der Waals surface area contributed by atoms with Crippen LogP contribution in [0.4, 0.5) is 22.0 Å². The van der Waals surface area contributed by atoms with Gasteiger partial charge in [0.05, 0.1) is 0 Å². The van der Waals surface area contributed by atoms with Gasteiger partial charge in [0.15, 0.2) is 6.67 Å². The van der Waals surface area contributed by atoms with Crippen LogP contribution in [0.2, 0.25) is 0 Å². The van der Waals surface area contributed by atoms with Gasteiger partial charge in [-0.3, -0.25) is 0 Å². The Labute approximate surface area is 112 Å². The number of alkyl halides is 5. The average molecular weight is 288 g/mol. The Balaban J connectivity index is 5.23. The van der Waals surface area contributed by atoms with Crippen LogP contribution < -0.4 is 0 Å². The molecule has 0 heterocycles. The summed E-state index contributed by atoms with van der Waals surface area (Å²) in [7, 11) is 0. The molecular formula is C14H25F5. The second-order valence-corrected chi connectivity index (χ2v) is 6.74. The molecule has 0 nitrogen and oxygen atoms in total. The highest BCUT2D eigenvalue weighted by atomic mass is 19.3. The third-order valence-electron chi connectivity index (χ3n) is 4.50. The van der Waals surface area contributed by atoms with E-state index in [1.165, 1.54) is 0 Å². The van der Waals surface area contributed by atoms with Crippen LogP contribution in [0.3, 0.4) is 0 Å². The molecule has 0 aromatic carbocycles. The van der Waals surface area contributed by atoms with Gasteiger partial charge in [-0.15, -0.1) is 0 Å². The molecule has 5 heteroatoms. The minimum atomic E-state index is -3.76. The molecule has 1 atom stereocenters. The maximum Gasteiger partial charge on any atom is 0.281 e. The highest BCUT2D eigenvalue weighted by Crippen LogP contribution is 2.51. The van der Waals surface area contributed by atoms with Crippen LogP contribution in [-0.4, -0.2) is 18.5 Å². The SMILES string of the molecule is CCC(C)(C)CC(F)(F)C(C)C(C)(C)C(F)(F)CF. The van der Waals surface area contributed by atoms with Crippen molar-refractivity contribution in [2.45, 2.75) is 66.2 Å². The van der Waals surface area contributed by atoms with Crippen LogP contribution in [-0.2, 0) is 0 Å². The molecule has 0 saturated heterocycles. The molecule has 0 aliphatic carbocycles. The lowest BCUT2D eigenvalue weighted by Crippen LogP contribution is -2.50. The minimum absolute atomic E-state index is 0.483. The van der Waals surface area contributed by atoms with Gasteiger partial charge in [0.2, 0.25) is 0 Å². The molecular weight excluding hydrogens is 263 g/mol. The lowest BCUT2D eigenvalue weighted by molar-refractivity contribution is -0.202. The molecule has 116 valence electrons. The first-order valence-electron chi connectivity index (χ1n) is 6.55. The van der Waals surface area contributed by atoms with Gasteiger partial charge in [-0.25, -0.2) is 22.0 Å². The van der Waals surface area contributed by atoms with Gasteiger partial charge in [-0.2, -0.15) is 0 Å². The molecule has 0 fully saturated rings. The first kappa shape index (κ1) is 18.7. The van der Waals surface area contributed by atoms with E-state index in [-0.39, 0.29) is 0 Å². The predicted octanol–water partition coefficient (Wildman–Crippen LogP) is 5.72. The zero-order chi connectivity index (χ0) is 15.7. The highest BCUT2D eigenvalue weighted by Gasteiger charge is 2.58. The fraction of sp³-hybridized carbons (Fsp3) is 1.00. The molecule has 0 saturated carbocycles. The van der Waals surface area contributed by atoms with Crippen molar-refractivity contribution in [3.8, 4) is 0 Å². The number of rotatable bonds is 7. The first-order chi connectivity index (χ1) is 8.23. The highest BCUT2D eigenvalue weighted by molar-refractivity contribution is 4.96. The molecule has 0 N–H and O–H groups in total. The van der Waals surface area contributed by atoms with Gasteiger partial charge in [0.1, 0.15) is 0 Å². The fourth-order valence-corrected chi connectivity index (χ4v) is 1.93. The second kappa shape index (κ2) is 5.57. The molecule has 0 aromatic rings. The van der Waals surface area contributed by atoms with E-state index in [9.17, 15) is 22.0 Å². The lowest BCUT2D eigenvalue weighted by Gasteiger charge is -2.43. The zero-order valence-corrected chi connectivity index (χ0v) is 12.6. The van der Waals surface area contributed by atoms with Gasteiger partial charge in [-0.1, -0.05) is 48.0 Å². The van der Waals surface area contributed by atoms with Crippen LogP contribution in [0.5, 0.6) is 0 Å². The topological polar surface area (TPSA) is 0 Å². The molecule has 0 radical (unpaired) electrons. The van der Waals surface area contributed by atoms with Crippen LogP contribution in [0, 0.1) is 16.7 Å². The van der Waals surface area contributed by atoms with E-state index in [1.807, 2.05) is 0 Å². The maximum absolute atomic E-state index is 14.2. The summed E-state index contributed by atoms with van der Waals surface area (Å²) in [6.45, 7) is 6.30. The van der Waals surface area contributed by atoms with Gasteiger partial charge >= 0.3 is 0 Å². The normalized spacial score (nSPS) is 16.6. The van der Waals surface area contributed by atoms with Crippen molar-refractivity contribution in [3.05, 3.63) is 0 Å². The van der Waals surface area contributed by atoms with Gasteiger partial charge in [-0.05, 0) is 5.41 Å². The average Bonchev–Trinajstić information content (AvgIpc) is 2.26. The Hall–Kier alpha value is -0.350. The van der Waals surface area contributed by atoms with E-state index >= 15 is 0 Å². The maximum atomic E-state index is 14.2. The van der Waals surface area contributed by atoms with Crippen molar-refractivity contribution in [2.75, 3.05) is 6.67 Å². The molecule has 0 amide bonds. The van der Waals surface area contributed by atoms with Crippen molar-refractivity contribution >= 4 is 0 Å². The van der Waals surface area contributed by atoms with Crippen LogP contribution in [0.15, 0.2) is 0 Å². The second-order valence-electron chi connectivity index (χ2n) is 6.74. The molecule has 0 spiro atoms. The van der Waals surface area contributed by atoms with Gasteiger partial charge in [0, 0.05) is 17.8 Å². The van der Waals surface area contributed by atoms with E-state index in [4.69, 9.17) is 0 Å². The van der Waals surface area contributed by atoms with E-state index in [0.29, 0.717) is 6.42 Å². The number of hydrogen-bond donors (Lipinski definition) is 0. The Kier molecular flexibility index (Phi) is 5.46. The Morgan fingerprint density at radius 1 is 0.947 bits per heavy atom. The number of halogens is 5. The molecule has 1 unspecified atom stereocenters. The Bertz CT molecular complexity index is 294. The summed E-state index contributed by atoms with van der Waals surface area (Å²) in [5, 5.41) is 0. The van der Waals surface area contributed by atoms with Crippen molar-refractivity contribution in [1.82, 2.24) is 0 Å². The van der Waals surface area contributed by atoms with Crippen LogP contribution >= 0.6 is 0 Å². The van der Waals surface area contributed by atoms with Crippen molar-refractivity contribution in [2.24, 2.45) is 16.7 Å². The zero-order valence-electron chi connectivity index (χ0n) is 12.6. The van der Waals surface area contributed by atoms with Crippen molar-refractivity contribution < 1.29 is 22.0 Å². The van der Waals surface area contributed by atoms with Gasteiger partial charge < -0.3 is 0 Å². The molecule has 0 rings (SSSR count). The van der Waals surface area contributed by atoms with Crippen molar-refractivity contribution in [3.63, 3.8) is 0 Å². The van der Waals surface area contributed by atoms with Crippen LogP contribution in [0.25, 0.3) is 0 Å². The van der Waals surface area contributed by atoms with Crippen LogP contribution in [0.1, 0.15) is 54.4 Å². The lowest BCUT2D eigenvalue weighted by atomic mass is 9.68. The number of hydrogen-bond acceptors (Lipinski definition) is 0. The summed E-state index contributed by atoms with van der Waals surface area (Å²) < 4.78 is 67.9. The Morgan fingerprint density at radius 2 is 1.37 bits per heavy atom. The monoisotopic (exact) mass is 288 g/mol. The third kappa shape index (κ3) is 4.06. The molecule has 0 aromatic heterocycles. The standard InChI is InChI=1S/C14H25F5/c1-7-11(3,4)8-13(16,17)10(2)12(5,6)14(18,19)9-15/h10H,7-9H2,1-6H3. The van der Waals surface area contributed by atoms with E-state index in [2.05, 4.69) is 0 Å². The quantitative estimate of drug-likeness (QED) is 0.526. The summed E-state index contributed by atoms with van der Waals surface area (Å²) >= 11 is 0. The summed E-state index contributed by atoms with van der Waals surface area (Å²) in [6.07, 6.45) is 0.0404. The summed E-state index contributed by atoms with van der Waals surface area (Å²) in [5.74, 6) is -8.63. The Morgan fingerprint density at radius 3 is 1.68 bits per heavy atom. The fourth-order valence-electron chi connectivity index (χ4n) is 1.93. The van der Waals surface area contributed by atoms with E-state index in [1.54, 1.807) is 20.8 Å². The summed E-state index contributed by atoms with van der Waals surface area (Å²) in [6, 6.07) is 0. The third-order valence-corrected chi connectivity index (χ3v) is 4.50. The molecule has 0 aliphatic rings. The largest absolute Gasteiger partial charge is 0.281 e. The smallest absolute Gasteiger partial charge is 0.244 e. The van der Waals surface area contributed by atoms with Crippen molar-refractivity contribution in [1.29, 1.82) is 0 Å². The molecule has 19 heavy (non-hydrogen) atoms.